The lowest BCUT2D eigenvalue weighted by Crippen LogP contribution is -2.56. The zero-order valence-electron chi connectivity index (χ0n) is 17.3. The van der Waals surface area contributed by atoms with Gasteiger partial charge in [0.05, 0.1) is 18.1 Å². The number of hydrogen-bond donors (Lipinski definition) is 2. The SMILES string of the molecule is C=CCN(CCCC)C(=O)C1N(CCO)C(=O)[C@@H]2[C@@H](C(=O)O)[C@@]3(CC)CCC12O3. The molecule has 8 nitrogen and oxygen atoms in total. The minimum absolute atomic E-state index is 0.0159. The predicted octanol–water partition coefficient (Wildman–Crippen LogP) is 1.03. The normalized spacial score (nSPS) is 35.1. The summed E-state index contributed by atoms with van der Waals surface area (Å²) < 4.78 is 6.41. The van der Waals surface area contributed by atoms with Crippen LogP contribution in [0.15, 0.2) is 12.7 Å². The van der Waals surface area contributed by atoms with Crippen LogP contribution in [0.4, 0.5) is 0 Å². The Balaban J connectivity index is 2.05. The van der Waals surface area contributed by atoms with E-state index in [0.29, 0.717) is 32.4 Å². The highest BCUT2D eigenvalue weighted by Crippen LogP contribution is 2.64. The van der Waals surface area contributed by atoms with Crippen molar-refractivity contribution in [2.24, 2.45) is 11.8 Å². The number of amides is 2. The quantitative estimate of drug-likeness (QED) is 0.523. The Morgan fingerprint density at radius 3 is 2.66 bits per heavy atom. The molecule has 0 aromatic carbocycles. The monoisotopic (exact) mass is 408 g/mol. The standard InChI is InChI=1S/C21H32N2O6/c1-4-7-11-22(10-5-2)18(26)16-21-9-8-20(6-3,29-21)15(19(27)28)14(21)17(25)23(16)12-13-24/h5,14-16,24H,2,4,6-13H2,1,3H3,(H,27,28)/t14-,15-,16?,20+,21?/m0/s1. The number of carboxylic acids is 1. The second-order valence-electron chi connectivity index (χ2n) is 8.35. The van der Waals surface area contributed by atoms with E-state index in [0.717, 1.165) is 12.8 Å². The van der Waals surface area contributed by atoms with Crippen LogP contribution >= 0.6 is 0 Å². The van der Waals surface area contributed by atoms with Crippen LogP contribution in [0.3, 0.4) is 0 Å². The number of carboxylic acid groups (broad SMARTS) is 1. The van der Waals surface area contributed by atoms with E-state index in [2.05, 4.69) is 6.58 Å². The molecule has 0 aliphatic carbocycles. The molecule has 2 N–H and O–H groups in total. The number of nitrogens with zero attached hydrogens (tertiary/aromatic N) is 2. The van der Waals surface area contributed by atoms with E-state index in [1.807, 2.05) is 13.8 Å². The van der Waals surface area contributed by atoms with Gasteiger partial charge in [-0.1, -0.05) is 26.3 Å². The molecule has 0 aromatic rings. The maximum Gasteiger partial charge on any atom is 0.310 e. The minimum Gasteiger partial charge on any atom is -0.481 e. The smallest absolute Gasteiger partial charge is 0.310 e. The zero-order valence-corrected chi connectivity index (χ0v) is 17.3. The fourth-order valence-electron chi connectivity index (χ4n) is 5.69. The van der Waals surface area contributed by atoms with Gasteiger partial charge in [-0.25, -0.2) is 0 Å². The van der Waals surface area contributed by atoms with Crippen molar-refractivity contribution in [3.63, 3.8) is 0 Å². The first kappa shape index (κ1) is 21.8. The number of aliphatic hydroxyl groups excluding tert-OH is 1. The first-order valence-corrected chi connectivity index (χ1v) is 10.6. The van der Waals surface area contributed by atoms with Crippen LogP contribution in [0.2, 0.25) is 0 Å². The van der Waals surface area contributed by atoms with Crippen LogP contribution in [0, 0.1) is 11.8 Å². The maximum atomic E-state index is 13.6. The molecule has 3 aliphatic rings. The lowest BCUT2D eigenvalue weighted by Gasteiger charge is -2.36. The molecule has 29 heavy (non-hydrogen) atoms. The molecule has 5 atom stereocenters. The third-order valence-corrected chi connectivity index (χ3v) is 6.96. The lowest BCUT2D eigenvalue weighted by atomic mass is 9.65. The number of aliphatic hydroxyl groups is 1. The van der Waals surface area contributed by atoms with Gasteiger partial charge in [-0.05, 0) is 25.7 Å². The predicted molar refractivity (Wildman–Crippen MR) is 105 cm³/mol. The summed E-state index contributed by atoms with van der Waals surface area (Å²) >= 11 is 0. The molecular formula is C21H32N2O6. The number of β-amino-alcohol motifs (C(OH)–C–C–N with tert-alkyl or cyclic N) is 1. The number of fused-ring (bicyclic) bond motifs is 1. The summed E-state index contributed by atoms with van der Waals surface area (Å²) in [4.78, 5) is 42.1. The van der Waals surface area contributed by atoms with Gasteiger partial charge in [-0.2, -0.15) is 0 Å². The Labute approximate surface area is 171 Å². The van der Waals surface area contributed by atoms with Gasteiger partial charge >= 0.3 is 5.97 Å². The van der Waals surface area contributed by atoms with Gasteiger partial charge in [0.2, 0.25) is 11.8 Å². The highest BCUT2D eigenvalue weighted by molar-refractivity contribution is 5.98. The van der Waals surface area contributed by atoms with E-state index in [4.69, 9.17) is 4.74 Å². The van der Waals surface area contributed by atoms with Crippen molar-refractivity contribution in [3.05, 3.63) is 12.7 Å². The van der Waals surface area contributed by atoms with Gasteiger partial charge in [-0.15, -0.1) is 6.58 Å². The molecule has 3 fully saturated rings. The Morgan fingerprint density at radius 2 is 2.10 bits per heavy atom. The summed E-state index contributed by atoms with van der Waals surface area (Å²) in [6.07, 6.45) is 4.83. The molecule has 0 radical (unpaired) electrons. The van der Waals surface area contributed by atoms with Crippen molar-refractivity contribution in [3.8, 4) is 0 Å². The van der Waals surface area contributed by atoms with Gasteiger partial charge in [-0.3, -0.25) is 14.4 Å². The molecule has 3 saturated heterocycles. The van der Waals surface area contributed by atoms with Gasteiger partial charge in [0.15, 0.2) is 0 Å². The van der Waals surface area contributed by atoms with Gasteiger partial charge in [0.1, 0.15) is 17.6 Å². The summed E-state index contributed by atoms with van der Waals surface area (Å²) in [5.41, 5.74) is -2.06. The second kappa shape index (κ2) is 8.07. The van der Waals surface area contributed by atoms with Crippen molar-refractivity contribution >= 4 is 17.8 Å². The van der Waals surface area contributed by atoms with Crippen LogP contribution in [-0.4, -0.2) is 81.3 Å². The summed E-state index contributed by atoms with van der Waals surface area (Å²) in [5.74, 6) is -3.57. The van der Waals surface area contributed by atoms with Gasteiger partial charge < -0.3 is 24.7 Å². The number of unbranched alkanes of at least 4 members (excludes halogenated alkanes) is 1. The van der Waals surface area contributed by atoms with Crippen LogP contribution in [-0.2, 0) is 19.1 Å². The highest BCUT2D eigenvalue weighted by atomic mass is 16.5. The Hall–Kier alpha value is -1.93. The average Bonchev–Trinajstić information content (AvgIpc) is 3.29. The molecular weight excluding hydrogens is 376 g/mol. The molecule has 0 saturated carbocycles. The first-order valence-electron chi connectivity index (χ1n) is 10.6. The number of carbonyl (C=O) groups excluding carboxylic acids is 2. The van der Waals surface area contributed by atoms with E-state index in [1.54, 1.807) is 11.0 Å². The largest absolute Gasteiger partial charge is 0.481 e. The molecule has 3 rings (SSSR count). The molecule has 1 spiro atoms. The summed E-state index contributed by atoms with van der Waals surface area (Å²) in [6, 6.07) is -0.915. The molecule has 3 aliphatic heterocycles. The minimum atomic E-state index is -1.14. The zero-order chi connectivity index (χ0) is 21.4. The number of aliphatic carboxylic acids is 1. The fraction of sp³-hybridized carbons (Fsp3) is 0.762. The first-order chi connectivity index (χ1) is 13.8. The summed E-state index contributed by atoms with van der Waals surface area (Å²) in [7, 11) is 0. The van der Waals surface area contributed by atoms with Crippen molar-refractivity contribution in [1.82, 2.24) is 9.80 Å². The summed E-state index contributed by atoms with van der Waals surface area (Å²) in [5, 5.41) is 19.5. The number of ether oxygens (including phenoxy) is 1. The van der Waals surface area contributed by atoms with E-state index < -0.39 is 41.0 Å². The number of rotatable bonds is 10. The van der Waals surface area contributed by atoms with Crippen LogP contribution in [0.1, 0.15) is 46.0 Å². The third kappa shape index (κ3) is 3.08. The molecule has 3 heterocycles. The van der Waals surface area contributed by atoms with E-state index >= 15 is 0 Å². The Bertz CT molecular complexity index is 697. The maximum absolute atomic E-state index is 13.6. The Morgan fingerprint density at radius 1 is 1.38 bits per heavy atom. The van der Waals surface area contributed by atoms with Crippen LogP contribution in [0.5, 0.6) is 0 Å². The molecule has 162 valence electrons. The van der Waals surface area contributed by atoms with Crippen molar-refractivity contribution in [2.75, 3.05) is 26.2 Å². The topological polar surface area (TPSA) is 107 Å². The highest BCUT2D eigenvalue weighted by Gasteiger charge is 2.78. The van der Waals surface area contributed by atoms with E-state index in [9.17, 15) is 24.6 Å². The fourth-order valence-corrected chi connectivity index (χ4v) is 5.69. The van der Waals surface area contributed by atoms with E-state index in [-0.39, 0.29) is 19.1 Å². The Kier molecular flexibility index (Phi) is 6.06. The van der Waals surface area contributed by atoms with Gasteiger partial charge in [0.25, 0.3) is 0 Å². The van der Waals surface area contributed by atoms with Crippen molar-refractivity contribution in [1.29, 1.82) is 0 Å². The molecule has 2 amide bonds. The second-order valence-corrected chi connectivity index (χ2v) is 8.35. The summed E-state index contributed by atoms with van der Waals surface area (Å²) in [6.45, 7) is 8.20. The lowest BCUT2D eigenvalue weighted by molar-refractivity contribution is -0.158. The molecule has 8 heteroatoms. The molecule has 2 bridgehead atoms. The average molecular weight is 408 g/mol. The van der Waals surface area contributed by atoms with Crippen LogP contribution < -0.4 is 0 Å². The van der Waals surface area contributed by atoms with E-state index in [1.165, 1.54) is 4.90 Å². The number of hydrogen-bond acceptors (Lipinski definition) is 5. The van der Waals surface area contributed by atoms with Crippen LogP contribution in [0.25, 0.3) is 0 Å². The van der Waals surface area contributed by atoms with Gasteiger partial charge in [0, 0.05) is 19.6 Å². The molecule has 2 unspecified atom stereocenters. The van der Waals surface area contributed by atoms with Crippen molar-refractivity contribution < 1.29 is 29.3 Å². The number of likely N-dealkylation sites (tertiary alicyclic amines) is 1. The number of carbonyl (C=O) groups is 3. The molecule has 0 aromatic heterocycles. The third-order valence-electron chi connectivity index (χ3n) is 6.96. The van der Waals surface area contributed by atoms with Crippen molar-refractivity contribution in [2.45, 2.75) is 63.2 Å².